The molecule has 0 spiro atoms. The Morgan fingerprint density at radius 1 is 1.10 bits per heavy atom. The van der Waals surface area contributed by atoms with Gasteiger partial charge < -0.3 is 5.73 Å². The molecule has 0 heterocycles. The largest absolute Gasteiger partial charge is 0.320 e. The van der Waals surface area contributed by atoms with E-state index >= 15 is 0 Å². The summed E-state index contributed by atoms with van der Waals surface area (Å²) >= 11 is 9.55. The van der Waals surface area contributed by atoms with Crippen molar-refractivity contribution in [3.63, 3.8) is 0 Å². The summed E-state index contributed by atoms with van der Waals surface area (Å²) in [5, 5.41) is 0.687. The van der Waals surface area contributed by atoms with Gasteiger partial charge in [-0.25, -0.2) is 0 Å². The van der Waals surface area contributed by atoms with Gasteiger partial charge in [0.1, 0.15) is 0 Å². The minimum absolute atomic E-state index is 0.158. The van der Waals surface area contributed by atoms with Gasteiger partial charge in [0.25, 0.3) is 0 Å². The summed E-state index contributed by atoms with van der Waals surface area (Å²) < 4.78 is 0.889. The first kappa shape index (κ1) is 16.5. The van der Waals surface area contributed by atoms with Crippen molar-refractivity contribution in [2.45, 2.75) is 38.6 Å². The van der Waals surface area contributed by atoms with Crippen molar-refractivity contribution < 1.29 is 0 Å². The first-order valence-corrected chi connectivity index (χ1v) is 8.33. The van der Waals surface area contributed by atoms with E-state index in [1.54, 1.807) is 0 Å². The predicted octanol–water partition coefficient (Wildman–Crippen LogP) is 5.84. The highest BCUT2D eigenvalue weighted by atomic mass is 79.9. The molecule has 2 aromatic carbocycles. The van der Waals surface area contributed by atoms with Gasteiger partial charge in [-0.2, -0.15) is 0 Å². The molecular weight excluding hydrogens is 346 g/mol. The van der Waals surface area contributed by atoms with Gasteiger partial charge in [0.2, 0.25) is 0 Å². The van der Waals surface area contributed by atoms with E-state index in [1.807, 2.05) is 18.2 Å². The Hall–Kier alpha value is -0.830. The van der Waals surface area contributed by atoms with E-state index in [0.29, 0.717) is 5.02 Å². The Morgan fingerprint density at radius 2 is 1.67 bits per heavy atom. The second-order valence-electron chi connectivity index (χ2n) is 6.01. The van der Waals surface area contributed by atoms with Crippen LogP contribution in [0.4, 0.5) is 0 Å². The Balaban J connectivity index is 2.27. The van der Waals surface area contributed by atoms with Crippen LogP contribution in [0.25, 0.3) is 0 Å². The zero-order valence-electron chi connectivity index (χ0n) is 12.7. The summed E-state index contributed by atoms with van der Waals surface area (Å²) in [4.78, 5) is 0. The second-order valence-corrected chi connectivity index (χ2v) is 7.27. The maximum atomic E-state index is 6.35. The maximum Gasteiger partial charge on any atom is 0.0552 e. The molecule has 21 heavy (non-hydrogen) atoms. The van der Waals surface area contributed by atoms with E-state index in [1.165, 1.54) is 5.56 Å². The summed E-state index contributed by atoms with van der Waals surface area (Å²) in [7, 11) is 0. The molecule has 0 fully saturated rings. The van der Waals surface area contributed by atoms with Crippen LogP contribution in [-0.4, -0.2) is 0 Å². The molecule has 0 amide bonds. The average Bonchev–Trinajstić information content (AvgIpc) is 2.49. The average molecular weight is 367 g/mol. The molecule has 2 rings (SSSR count). The van der Waals surface area contributed by atoms with Crippen molar-refractivity contribution in [3.05, 3.63) is 68.7 Å². The molecule has 0 radical (unpaired) electrons. The fourth-order valence-electron chi connectivity index (χ4n) is 2.24. The molecule has 1 unspecified atom stereocenters. The minimum Gasteiger partial charge on any atom is -0.320 e. The molecule has 0 aliphatic carbocycles. The van der Waals surface area contributed by atoms with Crippen molar-refractivity contribution in [1.29, 1.82) is 0 Å². The number of benzene rings is 2. The predicted molar refractivity (Wildman–Crippen MR) is 94.9 cm³/mol. The second kappa shape index (κ2) is 6.51. The van der Waals surface area contributed by atoms with E-state index in [2.05, 4.69) is 61.0 Å². The van der Waals surface area contributed by atoms with Crippen LogP contribution < -0.4 is 5.73 Å². The molecular formula is C18H21BrClN. The molecule has 0 bridgehead atoms. The van der Waals surface area contributed by atoms with Crippen LogP contribution in [0.1, 0.15) is 49.9 Å². The molecule has 0 saturated heterocycles. The molecule has 2 N–H and O–H groups in total. The monoisotopic (exact) mass is 365 g/mol. The van der Waals surface area contributed by atoms with Gasteiger partial charge >= 0.3 is 0 Å². The molecule has 3 heteroatoms. The smallest absolute Gasteiger partial charge is 0.0552 e. The minimum atomic E-state index is -0.158. The van der Waals surface area contributed by atoms with Crippen molar-refractivity contribution in [2.75, 3.05) is 0 Å². The zero-order chi connectivity index (χ0) is 15.6. The third-order valence-electron chi connectivity index (χ3n) is 4.24. The van der Waals surface area contributed by atoms with Crippen LogP contribution >= 0.6 is 27.5 Å². The lowest BCUT2D eigenvalue weighted by molar-refractivity contribution is 0.506. The van der Waals surface area contributed by atoms with Crippen molar-refractivity contribution in [2.24, 2.45) is 5.73 Å². The standard InChI is InChI=1S/C18H21BrClN/c1-4-18(2,3)14-8-5-12(6-9-14)17(21)13-7-10-15(19)16(20)11-13/h5-11,17H,4,21H2,1-3H3. The van der Waals surface area contributed by atoms with E-state index in [-0.39, 0.29) is 11.5 Å². The maximum absolute atomic E-state index is 6.35. The molecule has 0 aliphatic rings. The summed E-state index contributed by atoms with van der Waals surface area (Å²) in [5.74, 6) is 0. The summed E-state index contributed by atoms with van der Waals surface area (Å²) in [6.07, 6.45) is 1.11. The lowest BCUT2D eigenvalue weighted by atomic mass is 9.81. The van der Waals surface area contributed by atoms with Gasteiger partial charge in [0.15, 0.2) is 0 Å². The number of halogens is 2. The van der Waals surface area contributed by atoms with Gasteiger partial charge in [-0.1, -0.05) is 62.7 Å². The first-order chi connectivity index (χ1) is 9.85. The Bertz CT molecular complexity index is 620. The van der Waals surface area contributed by atoms with Gasteiger partial charge in [-0.15, -0.1) is 0 Å². The van der Waals surface area contributed by atoms with Crippen molar-refractivity contribution in [3.8, 4) is 0 Å². The molecule has 0 aromatic heterocycles. The normalized spacial score (nSPS) is 13.2. The molecule has 1 nitrogen and oxygen atoms in total. The molecule has 2 aromatic rings. The van der Waals surface area contributed by atoms with Gasteiger partial charge in [0, 0.05) is 4.47 Å². The van der Waals surface area contributed by atoms with Gasteiger partial charge in [-0.05, 0) is 56.6 Å². The quantitative estimate of drug-likeness (QED) is 0.723. The number of hydrogen-bond donors (Lipinski definition) is 1. The molecule has 1 atom stereocenters. The fourth-order valence-corrected chi connectivity index (χ4v) is 2.68. The van der Waals surface area contributed by atoms with Crippen LogP contribution in [0.3, 0.4) is 0 Å². The van der Waals surface area contributed by atoms with Crippen LogP contribution in [0, 0.1) is 0 Å². The van der Waals surface area contributed by atoms with Crippen LogP contribution in [0.2, 0.25) is 5.02 Å². The SMILES string of the molecule is CCC(C)(C)c1ccc(C(N)c2ccc(Br)c(Cl)c2)cc1. The highest BCUT2D eigenvalue weighted by molar-refractivity contribution is 9.10. The zero-order valence-corrected chi connectivity index (χ0v) is 15.0. The highest BCUT2D eigenvalue weighted by Crippen LogP contribution is 2.30. The topological polar surface area (TPSA) is 26.0 Å². The Morgan fingerprint density at radius 3 is 2.19 bits per heavy atom. The summed E-state index contributed by atoms with van der Waals surface area (Å²) in [6.45, 7) is 6.73. The van der Waals surface area contributed by atoms with Gasteiger partial charge in [0.05, 0.1) is 11.1 Å². The third kappa shape index (κ3) is 3.68. The van der Waals surface area contributed by atoms with Crippen molar-refractivity contribution in [1.82, 2.24) is 0 Å². The Kier molecular flexibility index (Phi) is 5.13. The lowest BCUT2D eigenvalue weighted by Crippen LogP contribution is -2.16. The van der Waals surface area contributed by atoms with Crippen LogP contribution in [0.5, 0.6) is 0 Å². The fraction of sp³-hybridized carbons (Fsp3) is 0.333. The first-order valence-electron chi connectivity index (χ1n) is 7.16. The van der Waals surface area contributed by atoms with E-state index < -0.39 is 0 Å². The van der Waals surface area contributed by atoms with Crippen molar-refractivity contribution >= 4 is 27.5 Å². The lowest BCUT2D eigenvalue weighted by Gasteiger charge is -2.24. The van der Waals surface area contributed by atoms with E-state index in [0.717, 1.165) is 22.0 Å². The summed E-state index contributed by atoms with van der Waals surface area (Å²) in [5.41, 5.74) is 10.0. The molecule has 0 saturated carbocycles. The van der Waals surface area contributed by atoms with E-state index in [9.17, 15) is 0 Å². The van der Waals surface area contributed by atoms with Gasteiger partial charge in [-0.3, -0.25) is 0 Å². The number of rotatable bonds is 4. The number of nitrogens with two attached hydrogens (primary N) is 1. The molecule has 112 valence electrons. The van der Waals surface area contributed by atoms with E-state index in [4.69, 9.17) is 17.3 Å². The summed E-state index contributed by atoms with van der Waals surface area (Å²) in [6, 6.07) is 14.3. The Labute approximate surface area is 140 Å². The highest BCUT2D eigenvalue weighted by Gasteiger charge is 2.18. The van der Waals surface area contributed by atoms with Crippen LogP contribution in [0.15, 0.2) is 46.9 Å². The van der Waals surface area contributed by atoms with Crippen LogP contribution in [-0.2, 0) is 5.41 Å². The third-order valence-corrected chi connectivity index (χ3v) is 5.47. The number of hydrogen-bond acceptors (Lipinski definition) is 1. The molecule has 0 aliphatic heterocycles.